The van der Waals surface area contributed by atoms with E-state index in [9.17, 15) is 8.78 Å². The van der Waals surface area contributed by atoms with Crippen molar-refractivity contribution >= 4 is 5.69 Å². The van der Waals surface area contributed by atoms with E-state index < -0.39 is 6.29 Å². The number of ether oxygens (including phenoxy) is 2. The molecule has 0 spiro atoms. The summed E-state index contributed by atoms with van der Waals surface area (Å²) in [5, 5.41) is 3.42. The molecular weight excluding hydrogens is 276 g/mol. The number of hydrogen-bond donors (Lipinski definition) is 1. The van der Waals surface area contributed by atoms with Gasteiger partial charge in [-0.15, -0.1) is 8.78 Å². The van der Waals surface area contributed by atoms with Crippen LogP contribution in [-0.4, -0.2) is 12.3 Å². The standard InChI is InChI=1S/C16H21F2NO2/c1-10(2)11-3-5-12(6-4-11)19-13-7-8-14-15(9-13)21-16(17,18)20-14/h7-12,19H,3-6H2,1-2H3. The van der Waals surface area contributed by atoms with Crippen molar-refractivity contribution in [3.05, 3.63) is 18.2 Å². The van der Waals surface area contributed by atoms with E-state index in [0.29, 0.717) is 6.04 Å². The van der Waals surface area contributed by atoms with Gasteiger partial charge in [0.15, 0.2) is 11.5 Å². The summed E-state index contributed by atoms with van der Waals surface area (Å²) >= 11 is 0. The molecule has 0 saturated heterocycles. The zero-order valence-corrected chi connectivity index (χ0v) is 12.4. The summed E-state index contributed by atoms with van der Waals surface area (Å²) in [6.07, 6.45) is 1.13. The first-order valence-corrected chi connectivity index (χ1v) is 7.59. The van der Waals surface area contributed by atoms with E-state index in [1.54, 1.807) is 12.1 Å². The second-order valence-electron chi connectivity index (χ2n) is 6.33. The Balaban J connectivity index is 1.60. The predicted octanol–water partition coefficient (Wildman–Crippen LogP) is 4.63. The Labute approximate surface area is 123 Å². The third-order valence-corrected chi connectivity index (χ3v) is 4.49. The fraction of sp³-hybridized carbons (Fsp3) is 0.625. The molecule has 0 atom stereocenters. The second-order valence-corrected chi connectivity index (χ2v) is 6.33. The maximum atomic E-state index is 13.0. The number of rotatable bonds is 3. The van der Waals surface area contributed by atoms with Gasteiger partial charge in [-0.05, 0) is 49.7 Å². The highest BCUT2D eigenvalue weighted by Crippen LogP contribution is 2.42. The van der Waals surface area contributed by atoms with E-state index in [1.807, 2.05) is 0 Å². The number of halogens is 2. The lowest BCUT2D eigenvalue weighted by Crippen LogP contribution is -2.27. The van der Waals surface area contributed by atoms with Gasteiger partial charge in [-0.2, -0.15) is 0 Å². The highest BCUT2D eigenvalue weighted by atomic mass is 19.3. The average Bonchev–Trinajstić information content (AvgIpc) is 2.72. The molecule has 5 heteroatoms. The molecule has 1 aromatic carbocycles. The van der Waals surface area contributed by atoms with Gasteiger partial charge in [0.2, 0.25) is 0 Å². The maximum Gasteiger partial charge on any atom is 0.586 e. The van der Waals surface area contributed by atoms with Gasteiger partial charge in [0.05, 0.1) is 0 Å². The van der Waals surface area contributed by atoms with E-state index in [-0.39, 0.29) is 11.5 Å². The maximum absolute atomic E-state index is 13.0. The smallest absolute Gasteiger partial charge is 0.395 e. The van der Waals surface area contributed by atoms with Gasteiger partial charge < -0.3 is 14.8 Å². The van der Waals surface area contributed by atoms with Crippen LogP contribution in [0, 0.1) is 11.8 Å². The Kier molecular flexibility index (Phi) is 3.68. The average molecular weight is 297 g/mol. The topological polar surface area (TPSA) is 30.5 Å². The third-order valence-electron chi connectivity index (χ3n) is 4.49. The van der Waals surface area contributed by atoms with E-state index in [2.05, 4.69) is 28.6 Å². The lowest BCUT2D eigenvalue weighted by atomic mass is 9.79. The molecule has 3 nitrogen and oxygen atoms in total. The van der Waals surface area contributed by atoms with Crippen molar-refractivity contribution in [2.75, 3.05) is 5.32 Å². The second kappa shape index (κ2) is 5.35. The van der Waals surface area contributed by atoms with Crippen LogP contribution in [0.2, 0.25) is 0 Å². The molecular formula is C16H21F2NO2. The van der Waals surface area contributed by atoms with Crippen molar-refractivity contribution in [2.24, 2.45) is 11.8 Å². The molecule has 0 bridgehead atoms. The van der Waals surface area contributed by atoms with Gasteiger partial charge in [0, 0.05) is 17.8 Å². The van der Waals surface area contributed by atoms with Crippen LogP contribution in [-0.2, 0) is 0 Å². The largest absolute Gasteiger partial charge is 0.586 e. The highest BCUT2D eigenvalue weighted by molar-refractivity contribution is 5.56. The number of benzene rings is 1. The van der Waals surface area contributed by atoms with Crippen molar-refractivity contribution in [3.63, 3.8) is 0 Å². The summed E-state index contributed by atoms with van der Waals surface area (Å²) in [6, 6.07) is 5.28. The van der Waals surface area contributed by atoms with Crippen LogP contribution in [0.3, 0.4) is 0 Å². The van der Waals surface area contributed by atoms with Crippen LogP contribution >= 0.6 is 0 Å². The molecule has 0 amide bonds. The Morgan fingerprint density at radius 1 is 1.10 bits per heavy atom. The Hall–Kier alpha value is -1.52. The molecule has 1 heterocycles. The summed E-state index contributed by atoms with van der Waals surface area (Å²) in [4.78, 5) is 0. The molecule has 0 aromatic heterocycles. The molecule has 1 aromatic rings. The monoisotopic (exact) mass is 297 g/mol. The lowest BCUT2D eigenvalue weighted by Gasteiger charge is -2.31. The Morgan fingerprint density at radius 3 is 2.43 bits per heavy atom. The van der Waals surface area contributed by atoms with Crippen LogP contribution in [0.1, 0.15) is 39.5 Å². The van der Waals surface area contributed by atoms with Crippen LogP contribution in [0.25, 0.3) is 0 Å². The fourth-order valence-electron chi connectivity index (χ4n) is 3.20. The number of alkyl halides is 2. The van der Waals surface area contributed by atoms with E-state index in [1.165, 1.54) is 18.9 Å². The molecule has 0 unspecified atom stereocenters. The van der Waals surface area contributed by atoms with E-state index in [4.69, 9.17) is 0 Å². The molecule has 116 valence electrons. The lowest BCUT2D eigenvalue weighted by molar-refractivity contribution is -0.286. The third kappa shape index (κ3) is 3.22. The molecule has 1 saturated carbocycles. The normalized spacial score (nSPS) is 26.9. The molecule has 1 aliphatic heterocycles. The summed E-state index contributed by atoms with van der Waals surface area (Å²) in [7, 11) is 0. The SMILES string of the molecule is CC(C)C1CCC(Nc2ccc3c(c2)OC(F)(F)O3)CC1. The van der Waals surface area contributed by atoms with Crippen molar-refractivity contribution in [3.8, 4) is 11.5 Å². The van der Waals surface area contributed by atoms with Gasteiger partial charge in [0.25, 0.3) is 0 Å². The molecule has 1 N–H and O–H groups in total. The van der Waals surface area contributed by atoms with Gasteiger partial charge in [0.1, 0.15) is 0 Å². The molecule has 1 fully saturated rings. The zero-order chi connectivity index (χ0) is 15.0. The van der Waals surface area contributed by atoms with Crippen molar-refractivity contribution < 1.29 is 18.3 Å². The van der Waals surface area contributed by atoms with E-state index in [0.717, 1.165) is 30.4 Å². The van der Waals surface area contributed by atoms with Crippen molar-refractivity contribution in [1.29, 1.82) is 0 Å². The number of anilines is 1. The molecule has 0 radical (unpaired) electrons. The van der Waals surface area contributed by atoms with Gasteiger partial charge in [-0.25, -0.2) is 0 Å². The van der Waals surface area contributed by atoms with Crippen LogP contribution in [0.5, 0.6) is 11.5 Å². The highest BCUT2D eigenvalue weighted by Gasteiger charge is 2.43. The first kappa shape index (κ1) is 14.4. The quantitative estimate of drug-likeness (QED) is 0.882. The van der Waals surface area contributed by atoms with Gasteiger partial charge in [-0.3, -0.25) is 0 Å². The minimum atomic E-state index is -3.55. The summed E-state index contributed by atoms with van der Waals surface area (Å²) < 4.78 is 34.8. The Bertz CT molecular complexity index is 511. The molecule has 1 aliphatic carbocycles. The molecule has 2 aliphatic rings. The summed E-state index contributed by atoms with van der Waals surface area (Å²) in [6.45, 7) is 4.55. The van der Waals surface area contributed by atoms with Gasteiger partial charge in [-0.1, -0.05) is 13.8 Å². The first-order valence-electron chi connectivity index (χ1n) is 7.59. The number of nitrogens with one attached hydrogen (secondary N) is 1. The minimum absolute atomic E-state index is 0.0917. The summed E-state index contributed by atoms with van der Waals surface area (Å²) in [5.41, 5.74) is 0.808. The molecule has 3 rings (SSSR count). The summed E-state index contributed by atoms with van der Waals surface area (Å²) in [5.74, 6) is 1.73. The van der Waals surface area contributed by atoms with Crippen molar-refractivity contribution in [1.82, 2.24) is 0 Å². The fourth-order valence-corrected chi connectivity index (χ4v) is 3.20. The first-order chi connectivity index (χ1) is 9.93. The zero-order valence-electron chi connectivity index (χ0n) is 12.4. The van der Waals surface area contributed by atoms with Crippen LogP contribution < -0.4 is 14.8 Å². The number of fused-ring (bicyclic) bond motifs is 1. The van der Waals surface area contributed by atoms with Crippen LogP contribution in [0.4, 0.5) is 14.5 Å². The van der Waals surface area contributed by atoms with E-state index >= 15 is 0 Å². The van der Waals surface area contributed by atoms with Crippen LogP contribution in [0.15, 0.2) is 18.2 Å². The minimum Gasteiger partial charge on any atom is -0.395 e. The number of hydrogen-bond acceptors (Lipinski definition) is 3. The Morgan fingerprint density at radius 2 is 1.76 bits per heavy atom. The van der Waals surface area contributed by atoms with Gasteiger partial charge >= 0.3 is 6.29 Å². The van der Waals surface area contributed by atoms with Crippen molar-refractivity contribution in [2.45, 2.75) is 51.9 Å². The molecule has 21 heavy (non-hydrogen) atoms. The predicted molar refractivity (Wildman–Crippen MR) is 76.9 cm³/mol.